The van der Waals surface area contributed by atoms with Crippen LogP contribution >= 0.6 is 0 Å². The van der Waals surface area contributed by atoms with Gasteiger partial charge in [0.25, 0.3) is 0 Å². The molecule has 0 spiro atoms. The van der Waals surface area contributed by atoms with Gasteiger partial charge in [0.05, 0.1) is 18.0 Å². The fraction of sp³-hybridized carbons (Fsp3) is 0.111. The Morgan fingerprint density at radius 1 is 0.960 bits per heavy atom. The third-order valence-corrected chi connectivity index (χ3v) is 3.38. The van der Waals surface area contributed by atoms with Crippen molar-refractivity contribution in [1.82, 2.24) is 9.97 Å². The molecule has 0 bridgehead atoms. The van der Waals surface area contributed by atoms with E-state index in [4.69, 9.17) is 5.11 Å². The van der Waals surface area contributed by atoms with Crippen LogP contribution in [0.2, 0.25) is 0 Å². The minimum Gasteiger partial charge on any atom is -0.395 e. The van der Waals surface area contributed by atoms with Crippen LogP contribution in [0.15, 0.2) is 54.6 Å². The summed E-state index contributed by atoms with van der Waals surface area (Å²) in [5, 5.41) is 14.6. The van der Waals surface area contributed by atoms with Crippen LogP contribution in [-0.4, -0.2) is 28.2 Å². The molecule has 3 N–H and O–H groups in total. The predicted molar refractivity (Wildman–Crippen MR) is 92.7 cm³/mol. The van der Waals surface area contributed by atoms with E-state index in [9.17, 15) is 8.78 Å². The first-order valence-corrected chi connectivity index (χ1v) is 7.67. The Labute approximate surface area is 143 Å². The number of aliphatic hydroxyl groups excluding tert-OH is 1. The molecule has 0 atom stereocenters. The van der Waals surface area contributed by atoms with E-state index in [2.05, 4.69) is 20.6 Å². The first kappa shape index (κ1) is 16.8. The molecule has 0 saturated carbocycles. The standard InChI is InChI=1S/C18H16F2N4O/c19-13-6-7-14(20)16(10-13)22-17-11-15(12-4-2-1-3-5-12)23-18(24-17)21-8-9-25/h1-7,10-11,25H,8-9H2,(H2,21,22,23,24). The Morgan fingerprint density at radius 2 is 1.76 bits per heavy atom. The van der Waals surface area contributed by atoms with Crippen molar-refractivity contribution >= 4 is 17.5 Å². The Bertz CT molecular complexity index is 859. The molecule has 3 rings (SSSR count). The number of nitrogens with one attached hydrogen (secondary N) is 2. The summed E-state index contributed by atoms with van der Waals surface area (Å²) >= 11 is 0. The highest BCUT2D eigenvalue weighted by Gasteiger charge is 2.10. The van der Waals surface area contributed by atoms with E-state index in [1.807, 2.05) is 30.3 Å². The molecule has 3 aromatic rings. The van der Waals surface area contributed by atoms with E-state index < -0.39 is 11.6 Å². The molecular weight excluding hydrogens is 326 g/mol. The number of benzene rings is 2. The van der Waals surface area contributed by atoms with Gasteiger partial charge in [-0.3, -0.25) is 0 Å². The van der Waals surface area contributed by atoms with Crippen molar-refractivity contribution in [1.29, 1.82) is 0 Å². The maximum Gasteiger partial charge on any atom is 0.225 e. The van der Waals surface area contributed by atoms with Crippen LogP contribution in [0.5, 0.6) is 0 Å². The van der Waals surface area contributed by atoms with Crippen LogP contribution in [0.4, 0.5) is 26.2 Å². The number of rotatable bonds is 6. The fourth-order valence-corrected chi connectivity index (χ4v) is 2.25. The predicted octanol–water partition coefficient (Wildman–Crippen LogP) is 3.57. The number of aliphatic hydroxyl groups is 1. The van der Waals surface area contributed by atoms with Gasteiger partial charge in [0.1, 0.15) is 17.5 Å². The molecule has 0 unspecified atom stereocenters. The number of aromatic nitrogens is 2. The first-order valence-electron chi connectivity index (χ1n) is 7.67. The van der Waals surface area contributed by atoms with Crippen molar-refractivity contribution in [3.63, 3.8) is 0 Å². The van der Waals surface area contributed by atoms with Crippen molar-refractivity contribution < 1.29 is 13.9 Å². The summed E-state index contributed by atoms with van der Waals surface area (Å²) in [6, 6.07) is 14.2. The molecule has 0 radical (unpaired) electrons. The van der Waals surface area contributed by atoms with Gasteiger partial charge in [0.2, 0.25) is 5.95 Å². The van der Waals surface area contributed by atoms with Crippen LogP contribution in [0.25, 0.3) is 11.3 Å². The van der Waals surface area contributed by atoms with Crippen LogP contribution in [0, 0.1) is 11.6 Å². The lowest BCUT2D eigenvalue weighted by molar-refractivity contribution is 0.311. The Morgan fingerprint density at radius 3 is 2.52 bits per heavy atom. The number of hydrogen-bond acceptors (Lipinski definition) is 5. The number of nitrogens with zero attached hydrogens (tertiary/aromatic N) is 2. The average Bonchev–Trinajstić information content (AvgIpc) is 2.63. The highest BCUT2D eigenvalue weighted by molar-refractivity contribution is 5.67. The maximum absolute atomic E-state index is 13.9. The highest BCUT2D eigenvalue weighted by Crippen LogP contribution is 2.25. The zero-order valence-corrected chi connectivity index (χ0v) is 13.2. The van der Waals surface area contributed by atoms with E-state index in [-0.39, 0.29) is 24.8 Å². The van der Waals surface area contributed by atoms with Crippen molar-refractivity contribution in [3.8, 4) is 11.3 Å². The van der Waals surface area contributed by atoms with Crippen LogP contribution < -0.4 is 10.6 Å². The van der Waals surface area contributed by atoms with Crippen LogP contribution in [-0.2, 0) is 0 Å². The van der Waals surface area contributed by atoms with E-state index >= 15 is 0 Å². The fourth-order valence-electron chi connectivity index (χ4n) is 2.25. The van der Waals surface area contributed by atoms with Gasteiger partial charge in [0, 0.05) is 24.2 Å². The normalized spacial score (nSPS) is 10.5. The van der Waals surface area contributed by atoms with E-state index in [0.29, 0.717) is 11.5 Å². The minimum absolute atomic E-state index is 0.0224. The largest absolute Gasteiger partial charge is 0.395 e. The van der Waals surface area contributed by atoms with Gasteiger partial charge in [-0.2, -0.15) is 4.98 Å². The van der Waals surface area contributed by atoms with Crippen molar-refractivity contribution in [3.05, 3.63) is 66.2 Å². The Hall–Kier alpha value is -3.06. The molecule has 1 aromatic heterocycles. The van der Waals surface area contributed by atoms with Crippen LogP contribution in [0.1, 0.15) is 0 Å². The topological polar surface area (TPSA) is 70.1 Å². The molecule has 7 heteroatoms. The number of anilines is 3. The number of hydrogen-bond donors (Lipinski definition) is 3. The molecule has 0 amide bonds. The van der Waals surface area contributed by atoms with Gasteiger partial charge in [-0.05, 0) is 12.1 Å². The molecule has 1 heterocycles. The monoisotopic (exact) mass is 342 g/mol. The van der Waals surface area contributed by atoms with Crippen molar-refractivity contribution in [2.75, 3.05) is 23.8 Å². The van der Waals surface area contributed by atoms with Gasteiger partial charge in [0.15, 0.2) is 0 Å². The smallest absolute Gasteiger partial charge is 0.225 e. The summed E-state index contributed by atoms with van der Waals surface area (Å²) in [5.41, 5.74) is 1.43. The second-order valence-electron chi connectivity index (χ2n) is 5.23. The Balaban J connectivity index is 1.98. The summed E-state index contributed by atoms with van der Waals surface area (Å²) in [6.07, 6.45) is 0. The maximum atomic E-state index is 13.9. The molecule has 0 aliphatic heterocycles. The van der Waals surface area contributed by atoms with E-state index in [1.165, 1.54) is 0 Å². The molecule has 5 nitrogen and oxygen atoms in total. The van der Waals surface area contributed by atoms with E-state index in [1.54, 1.807) is 6.07 Å². The lowest BCUT2D eigenvalue weighted by Crippen LogP contribution is -2.10. The SMILES string of the molecule is OCCNc1nc(Nc2cc(F)ccc2F)cc(-c2ccccc2)n1. The average molecular weight is 342 g/mol. The van der Waals surface area contributed by atoms with Gasteiger partial charge in [-0.15, -0.1) is 0 Å². The van der Waals surface area contributed by atoms with Crippen molar-refractivity contribution in [2.45, 2.75) is 0 Å². The van der Waals surface area contributed by atoms with Gasteiger partial charge >= 0.3 is 0 Å². The third-order valence-electron chi connectivity index (χ3n) is 3.38. The minimum atomic E-state index is -0.592. The molecule has 128 valence electrons. The summed E-state index contributed by atoms with van der Waals surface area (Å²) < 4.78 is 27.2. The van der Waals surface area contributed by atoms with Crippen LogP contribution in [0.3, 0.4) is 0 Å². The lowest BCUT2D eigenvalue weighted by Gasteiger charge is -2.11. The highest BCUT2D eigenvalue weighted by atomic mass is 19.1. The first-order chi connectivity index (χ1) is 12.2. The number of halogens is 2. The van der Waals surface area contributed by atoms with Gasteiger partial charge in [-0.1, -0.05) is 30.3 Å². The lowest BCUT2D eigenvalue weighted by atomic mass is 10.1. The summed E-state index contributed by atoms with van der Waals surface area (Å²) in [4.78, 5) is 8.61. The third kappa shape index (κ3) is 4.27. The van der Waals surface area contributed by atoms with Gasteiger partial charge < -0.3 is 15.7 Å². The molecule has 0 aliphatic rings. The zero-order valence-electron chi connectivity index (χ0n) is 13.2. The molecule has 25 heavy (non-hydrogen) atoms. The summed E-state index contributed by atoms with van der Waals surface area (Å²) in [7, 11) is 0. The molecule has 2 aromatic carbocycles. The molecule has 0 aliphatic carbocycles. The second-order valence-corrected chi connectivity index (χ2v) is 5.23. The summed E-state index contributed by atoms with van der Waals surface area (Å²) in [6.45, 7) is 0.187. The molecule has 0 fully saturated rings. The molecular formula is C18H16F2N4O. The van der Waals surface area contributed by atoms with Gasteiger partial charge in [-0.25, -0.2) is 13.8 Å². The summed E-state index contributed by atoms with van der Waals surface area (Å²) in [5.74, 6) is -0.570. The molecule has 0 saturated heterocycles. The zero-order chi connectivity index (χ0) is 17.6. The quantitative estimate of drug-likeness (QED) is 0.639. The second kappa shape index (κ2) is 7.67. The van der Waals surface area contributed by atoms with Crippen molar-refractivity contribution in [2.24, 2.45) is 0 Å². The Kier molecular flexibility index (Phi) is 5.15. The van der Waals surface area contributed by atoms with E-state index in [0.717, 1.165) is 23.8 Å².